The lowest BCUT2D eigenvalue weighted by Gasteiger charge is -2.49. The largest absolute Gasteiger partial charge is 0.343 e. The van der Waals surface area contributed by atoms with Crippen LogP contribution in [-0.4, -0.2) is 30.4 Å². The molecule has 1 aliphatic carbocycles. The highest BCUT2D eigenvalue weighted by Gasteiger charge is 2.43. The lowest BCUT2D eigenvalue weighted by molar-refractivity contribution is 0.0506. The molecule has 0 aromatic heterocycles. The molecule has 2 aromatic carbocycles. The number of nitrogens with one attached hydrogen (secondary N) is 1. The molecule has 0 saturated heterocycles. The van der Waals surface area contributed by atoms with Crippen LogP contribution in [0.3, 0.4) is 0 Å². The Morgan fingerprint density at radius 2 is 1.79 bits per heavy atom. The first-order valence-electron chi connectivity index (χ1n) is 9.86. The number of hydrogen-bond donors (Lipinski definition) is 1. The summed E-state index contributed by atoms with van der Waals surface area (Å²) < 4.78 is 13.2. The fourth-order valence-electron chi connectivity index (χ4n) is 4.40. The molecule has 0 spiro atoms. The first kappa shape index (κ1) is 20.8. The van der Waals surface area contributed by atoms with E-state index in [0.29, 0.717) is 11.1 Å². The van der Waals surface area contributed by atoms with Gasteiger partial charge in [0.2, 0.25) is 0 Å². The molecule has 0 bridgehead atoms. The minimum Gasteiger partial charge on any atom is -0.343 e. The van der Waals surface area contributed by atoms with Gasteiger partial charge < -0.3 is 10.2 Å². The summed E-state index contributed by atoms with van der Waals surface area (Å²) in [6, 6.07) is 14.9. The third-order valence-corrected chi connectivity index (χ3v) is 6.47. The van der Waals surface area contributed by atoms with E-state index in [-0.39, 0.29) is 22.5 Å². The van der Waals surface area contributed by atoms with E-state index < -0.39 is 6.67 Å². The normalized spacial score (nSPS) is 17.3. The standard InChI is InChI=1S/C23H28ClFN2O/c1-27(2)23(14-7-4-8-15-23)21(17-10-5-3-6-11-17)26-22(28)19-13-9-12-18(16-25)20(19)24/h3,5-6,9-13,21H,4,7-8,14-16H2,1-2H3,(H,26,28). The number of likely N-dealkylation sites (N-methyl/N-ethyl adjacent to an activating group) is 1. The smallest absolute Gasteiger partial charge is 0.253 e. The molecule has 3 rings (SSSR count). The lowest BCUT2D eigenvalue weighted by atomic mass is 9.73. The summed E-state index contributed by atoms with van der Waals surface area (Å²) in [5.74, 6) is -0.263. The van der Waals surface area contributed by atoms with E-state index in [1.165, 1.54) is 6.42 Å². The lowest BCUT2D eigenvalue weighted by Crippen LogP contribution is -2.55. The highest BCUT2D eigenvalue weighted by Crippen LogP contribution is 2.42. The monoisotopic (exact) mass is 402 g/mol. The van der Waals surface area contributed by atoms with Gasteiger partial charge in [0.05, 0.1) is 16.6 Å². The molecule has 1 aliphatic rings. The van der Waals surface area contributed by atoms with Crippen molar-refractivity contribution < 1.29 is 9.18 Å². The van der Waals surface area contributed by atoms with Crippen molar-refractivity contribution >= 4 is 17.5 Å². The molecule has 5 heteroatoms. The van der Waals surface area contributed by atoms with Gasteiger partial charge in [-0.25, -0.2) is 4.39 Å². The van der Waals surface area contributed by atoms with Crippen LogP contribution in [0.15, 0.2) is 48.5 Å². The number of hydrogen-bond acceptors (Lipinski definition) is 2. The van der Waals surface area contributed by atoms with Gasteiger partial charge in [0.25, 0.3) is 5.91 Å². The van der Waals surface area contributed by atoms with Crippen molar-refractivity contribution in [3.8, 4) is 0 Å². The molecule has 1 amide bonds. The average Bonchev–Trinajstić information content (AvgIpc) is 2.73. The van der Waals surface area contributed by atoms with E-state index in [0.717, 1.165) is 31.2 Å². The maximum atomic E-state index is 13.2. The quantitative estimate of drug-likeness (QED) is 0.687. The zero-order valence-electron chi connectivity index (χ0n) is 16.6. The van der Waals surface area contributed by atoms with E-state index in [1.807, 2.05) is 18.2 Å². The van der Waals surface area contributed by atoms with E-state index in [2.05, 4.69) is 36.4 Å². The van der Waals surface area contributed by atoms with Gasteiger partial charge in [-0.15, -0.1) is 0 Å². The molecule has 28 heavy (non-hydrogen) atoms. The summed E-state index contributed by atoms with van der Waals surface area (Å²) in [6.45, 7) is -0.691. The molecule has 1 N–H and O–H groups in total. The first-order valence-corrected chi connectivity index (χ1v) is 10.2. The fourth-order valence-corrected chi connectivity index (χ4v) is 4.66. The van der Waals surface area contributed by atoms with Gasteiger partial charge in [-0.1, -0.05) is 73.3 Å². The van der Waals surface area contributed by atoms with E-state index >= 15 is 0 Å². The minimum atomic E-state index is -0.691. The molecule has 1 unspecified atom stereocenters. The van der Waals surface area contributed by atoms with Crippen molar-refractivity contribution in [2.75, 3.05) is 14.1 Å². The van der Waals surface area contributed by atoms with Crippen LogP contribution in [0.1, 0.15) is 59.6 Å². The number of halogens is 2. The van der Waals surface area contributed by atoms with E-state index in [1.54, 1.807) is 18.2 Å². The Kier molecular flexibility index (Phi) is 6.73. The molecule has 0 heterocycles. The number of amides is 1. The second kappa shape index (κ2) is 9.06. The number of alkyl halides is 1. The number of carbonyl (C=O) groups excluding carboxylic acids is 1. The molecule has 0 aliphatic heterocycles. The number of carbonyl (C=O) groups is 1. The topological polar surface area (TPSA) is 32.3 Å². The Hall–Kier alpha value is -1.91. The van der Waals surface area contributed by atoms with Crippen LogP contribution in [0.2, 0.25) is 5.02 Å². The fraction of sp³-hybridized carbons (Fsp3) is 0.435. The van der Waals surface area contributed by atoms with Crippen molar-refractivity contribution in [2.45, 2.75) is 50.4 Å². The van der Waals surface area contributed by atoms with E-state index in [4.69, 9.17) is 11.6 Å². The van der Waals surface area contributed by atoms with Crippen molar-refractivity contribution in [2.24, 2.45) is 0 Å². The zero-order chi connectivity index (χ0) is 20.1. The van der Waals surface area contributed by atoms with Crippen molar-refractivity contribution in [3.05, 3.63) is 70.2 Å². The Balaban J connectivity index is 2.00. The van der Waals surface area contributed by atoms with Gasteiger partial charge in [-0.2, -0.15) is 0 Å². The van der Waals surface area contributed by atoms with E-state index in [9.17, 15) is 9.18 Å². The zero-order valence-corrected chi connectivity index (χ0v) is 17.3. The predicted molar refractivity (Wildman–Crippen MR) is 112 cm³/mol. The van der Waals surface area contributed by atoms with Gasteiger partial charge in [-0.3, -0.25) is 4.79 Å². The maximum Gasteiger partial charge on any atom is 0.253 e. The van der Waals surface area contributed by atoms with Crippen LogP contribution in [0.25, 0.3) is 0 Å². The summed E-state index contributed by atoms with van der Waals surface area (Å²) in [5, 5.41) is 3.44. The van der Waals surface area contributed by atoms with Crippen molar-refractivity contribution in [1.29, 1.82) is 0 Å². The highest BCUT2D eigenvalue weighted by atomic mass is 35.5. The van der Waals surface area contributed by atoms with Gasteiger partial charge in [0, 0.05) is 11.1 Å². The maximum absolute atomic E-state index is 13.2. The summed E-state index contributed by atoms with van der Waals surface area (Å²) in [7, 11) is 4.17. The third-order valence-electron chi connectivity index (χ3n) is 6.02. The summed E-state index contributed by atoms with van der Waals surface area (Å²) in [6.07, 6.45) is 5.51. The van der Waals surface area contributed by atoms with Gasteiger partial charge in [-0.05, 0) is 38.6 Å². The molecule has 1 atom stereocenters. The number of benzene rings is 2. The average molecular weight is 403 g/mol. The summed E-state index contributed by atoms with van der Waals surface area (Å²) in [4.78, 5) is 15.4. The van der Waals surface area contributed by atoms with Crippen LogP contribution < -0.4 is 5.32 Å². The van der Waals surface area contributed by atoms with Crippen LogP contribution in [0.4, 0.5) is 4.39 Å². The second-order valence-corrected chi connectivity index (χ2v) is 8.17. The molecular formula is C23H28ClFN2O. The van der Waals surface area contributed by atoms with Gasteiger partial charge in [0.1, 0.15) is 6.67 Å². The molecule has 1 saturated carbocycles. The number of rotatable bonds is 6. The summed E-state index contributed by atoms with van der Waals surface area (Å²) in [5.41, 5.74) is 1.57. The SMILES string of the molecule is CN(C)C1(C(NC(=O)c2cccc(CF)c2Cl)c2ccccc2)CCCCC1. The molecule has 3 nitrogen and oxygen atoms in total. The van der Waals surface area contributed by atoms with Crippen molar-refractivity contribution in [1.82, 2.24) is 10.2 Å². The van der Waals surface area contributed by atoms with Crippen molar-refractivity contribution in [3.63, 3.8) is 0 Å². The molecule has 150 valence electrons. The molecule has 1 fully saturated rings. The number of nitrogens with zero attached hydrogens (tertiary/aromatic N) is 1. The predicted octanol–water partition coefficient (Wildman–Crippen LogP) is 5.55. The Bertz CT molecular complexity index is 804. The Labute approximate surface area is 171 Å². The molecule has 2 aromatic rings. The van der Waals surface area contributed by atoms with Crippen LogP contribution in [-0.2, 0) is 6.67 Å². The minimum absolute atomic E-state index is 0.167. The van der Waals surface area contributed by atoms with Crippen LogP contribution in [0, 0.1) is 0 Å². The molecule has 0 radical (unpaired) electrons. The second-order valence-electron chi connectivity index (χ2n) is 7.79. The van der Waals surface area contributed by atoms with Gasteiger partial charge >= 0.3 is 0 Å². The Morgan fingerprint density at radius 3 is 2.39 bits per heavy atom. The highest BCUT2D eigenvalue weighted by molar-refractivity contribution is 6.34. The van der Waals surface area contributed by atoms with Crippen LogP contribution >= 0.6 is 11.6 Å². The molecular weight excluding hydrogens is 375 g/mol. The first-order chi connectivity index (χ1) is 13.5. The summed E-state index contributed by atoms with van der Waals surface area (Å²) >= 11 is 6.31. The van der Waals surface area contributed by atoms with Crippen LogP contribution in [0.5, 0.6) is 0 Å². The van der Waals surface area contributed by atoms with Gasteiger partial charge in [0.15, 0.2) is 0 Å². The third kappa shape index (κ3) is 4.08. The Morgan fingerprint density at radius 1 is 1.11 bits per heavy atom.